The molecule has 34 heavy (non-hydrogen) atoms. The Morgan fingerprint density at radius 2 is 1.59 bits per heavy atom. The molecule has 2 saturated heterocycles. The van der Waals surface area contributed by atoms with Gasteiger partial charge in [0, 0.05) is 44.2 Å². The molecule has 3 heterocycles. The lowest BCUT2D eigenvalue weighted by molar-refractivity contribution is 0.211. The van der Waals surface area contributed by atoms with E-state index in [-0.39, 0.29) is 0 Å². The summed E-state index contributed by atoms with van der Waals surface area (Å²) < 4.78 is 11.2. The number of nitrogens with zero attached hydrogens (tertiary/aromatic N) is 3. The molecule has 6 heteroatoms. The minimum absolute atomic E-state index is 0.410. The van der Waals surface area contributed by atoms with Gasteiger partial charge in [-0.15, -0.1) is 0 Å². The van der Waals surface area contributed by atoms with E-state index >= 15 is 0 Å². The van der Waals surface area contributed by atoms with Crippen molar-refractivity contribution in [1.82, 2.24) is 9.88 Å². The summed E-state index contributed by atoms with van der Waals surface area (Å²) in [7, 11) is 3.38. The molecule has 0 spiro atoms. The first-order valence-electron chi connectivity index (χ1n) is 12.6. The van der Waals surface area contributed by atoms with Crippen LogP contribution in [0, 0.1) is 0 Å². The maximum absolute atomic E-state index is 5.61. The van der Waals surface area contributed by atoms with Gasteiger partial charge in [0.2, 0.25) is 0 Å². The molecule has 0 aliphatic carbocycles. The van der Waals surface area contributed by atoms with Gasteiger partial charge in [-0.3, -0.25) is 4.90 Å². The van der Waals surface area contributed by atoms with Crippen LogP contribution in [0.2, 0.25) is 0 Å². The standard InChI is InChI=1S/C28H36N4O2/c1-33-25-17-22-18-27(32-13-7-4-8-14-32)30-28(24(22)19-26(25)34-2)29-23-11-15-31(16-12-23)20-21-9-5-3-6-10-21/h3,5-6,9-10,17-19,23H,4,7-8,11-16,20H2,1-2H3,(H,29,30). The average molecular weight is 461 g/mol. The molecule has 5 rings (SSSR count). The Bertz CT molecular complexity index is 1090. The van der Waals surface area contributed by atoms with Crippen LogP contribution >= 0.6 is 0 Å². The summed E-state index contributed by atoms with van der Waals surface area (Å²) in [4.78, 5) is 10.1. The molecule has 2 fully saturated rings. The van der Waals surface area contributed by atoms with E-state index in [9.17, 15) is 0 Å². The first kappa shape index (κ1) is 22.8. The van der Waals surface area contributed by atoms with Gasteiger partial charge in [-0.2, -0.15) is 0 Å². The van der Waals surface area contributed by atoms with Crippen molar-refractivity contribution in [3.05, 3.63) is 54.1 Å². The lowest BCUT2D eigenvalue weighted by Crippen LogP contribution is -2.39. The van der Waals surface area contributed by atoms with Gasteiger partial charge in [0.1, 0.15) is 11.6 Å². The van der Waals surface area contributed by atoms with Crippen LogP contribution in [0.4, 0.5) is 11.6 Å². The molecule has 2 aliphatic rings. The lowest BCUT2D eigenvalue weighted by Gasteiger charge is -2.33. The topological polar surface area (TPSA) is 49.9 Å². The highest BCUT2D eigenvalue weighted by atomic mass is 16.5. The molecule has 2 aromatic carbocycles. The summed E-state index contributed by atoms with van der Waals surface area (Å²) in [6.45, 7) is 5.35. The van der Waals surface area contributed by atoms with E-state index in [0.717, 1.165) is 79.5 Å². The first-order valence-corrected chi connectivity index (χ1v) is 12.6. The Kier molecular flexibility index (Phi) is 7.05. The Hall–Kier alpha value is -2.99. The predicted molar refractivity (Wildman–Crippen MR) is 139 cm³/mol. The Morgan fingerprint density at radius 1 is 0.882 bits per heavy atom. The van der Waals surface area contributed by atoms with Crippen molar-refractivity contribution in [2.75, 3.05) is 50.6 Å². The molecule has 6 nitrogen and oxygen atoms in total. The number of nitrogens with one attached hydrogen (secondary N) is 1. The zero-order chi connectivity index (χ0) is 23.3. The van der Waals surface area contributed by atoms with Crippen molar-refractivity contribution in [2.24, 2.45) is 0 Å². The normalized spacial score (nSPS) is 17.6. The number of pyridine rings is 1. The van der Waals surface area contributed by atoms with Gasteiger partial charge in [0.05, 0.1) is 14.2 Å². The van der Waals surface area contributed by atoms with Gasteiger partial charge < -0.3 is 19.7 Å². The van der Waals surface area contributed by atoms with E-state index in [1.165, 1.54) is 24.8 Å². The fourth-order valence-electron chi connectivity index (χ4n) is 5.23. The fourth-order valence-corrected chi connectivity index (χ4v) is 5.23. The number of rotatable bonds is 7. The second kappa shape index (κ2) is 10.5. The van der Waals surface area contributed by atoms with E-state index in [1.54, 1.807) is 14.2 Å². The zero-order valence-corrected chi connectivity index (χ0v) is 20.4. The van der Waals surface area contributed by atoms with Crippen molar-refractivity contribution in [3.8, 4) is 11.5 Å². The number of fused-ring (bicyclic) bond motifs is 1. The maximum Gasteiger partial charge on any atom is 0.161 e. The Balaban J connectivity index is 1.37. The molecule has 0 saturated carbocycles. The quantitative estimate of drug-likeness (QED) is 0.515. The van der Waals surface area contributed by atoms with Gasteiger partial charge in [-0.05, 0) is 61.3 Å². The zero-order valence-electron chi connectivity index (χ0n) is 20.4. The molecule has 3 aromatic rings. The predicted octanol–water partition coefficient (Wildman–Crippen LogP) is 5.32. The van der Waals surface area contributed by atoms with Crippen LogP contribution in [-0.2, 0) is 6.54 Å². The maximum atomic E-state index is 5.61. The van der Waals surface area contributed by atoms with Crippen molar-refractivity contribution in [2.45, 2.75) is 44.7 Å². The molecular weight excluding hydrogens is 424 g/mol. The van der Waals surface area contributed by atoms with Crippen molar-refractivity contribution in [3.63, 3.8) is 0 Å². The smallest absolute Gasteiger partial charge is 0.161 e. The highest BCUT2D eigenvalue weighted by Crippen LogP contribution is 2.37. The third-order valence-corrected chi connectivity index (χ3v) is 7.18. The first-order chi connectivity index (χ1) is 16.7. The summed E-state index contributed by atoms with van der Waals surface area (Å²) in [6.07, 6.45) is 5.98. The summed E-state index contributed by atoms with van der Waals surface area (Å²) in [5, 5.41) is 6.04. The van der Waals surface area contributed by atoms with Gasteiger partial charge in [0.25, 0.3) is 0 Å². The number of hydrogen-bond acceptors (Lipinski definition) is 6. The molecule has 1 N–H and O–H groups in total. The van der Waals surface area contributed by atoms with E-state index in [2.05, 4.69) is 63.6 Å². The largest absolute Gasteiger partial charge is 0.493 e. The van der Waals surface area contributed by atoms with E-state index in [1.807, 2.05) is 0 Å². The minimum atomic E-state index is 0.410. The number of benzene rings is 2. The number of anilines is 2. The molecule has 180 valence electrons. The SMILES string of the molecule is COc1cc2cc(N3CCCCC3)nc(NC3CCN(Cc4ccccc4)CC3)c2cc1OC. The summed E-state index contributed by atoms with van der Waals surface area (Å²) in [6, 6.07) is 17.5. The molecule has 0 amide bonds. The Morgan fingerprint density at radius 3 is 2.29 bits per heavy atom. The second-order valence-electron chi connectivity index (χ2n) is 9.49. The lowest BCUT2D eigenvalue weighted by atomic mass is 10.0. The van der Waals surface area contributed by atoms with Crippen LogP contribution < -0.4 is 19.7 Å². The highest BCUT2D eigenvalue weighted by molar-refractivity contribution is 5.96. The van der Waals surface area contributed by atoms with Crippen LogP contribution in [0.15, 0.2) is 48.5 Å². The van der Waals surface area contributed by atoms with Crippen molar-refractivity contribution in [1.29, 1.82) is 0 Å². The average Bonchev–Trinajstić information content (AvgIpc) is 2.90. The van der Waals surface area contributed by atoms with Crippen LogP contribution in [0.5, 0.6) is 11.5 Å². The number of likely N-dealkylation sites (tertiary alicyclic amines) is 1. The van der Waals surface area contributed by atoms with Crippen LogP contribution in [0.25, 0.3) is 10.8 Å². The number of ether oxygens (including phenoxy) is 2. The number of hydrogen-bond donors (Lipinski definition) is 1. The summed E-state index contributed by atoms with van der Waals surface area (Å²) >= 11 is 0. The highest BCUT2D eigenvalue weighted by Gasteiger charge is 2.22. The third-order valence-electron chi connectivity index (χ3n) is 7.18. The van der Waals surface area contributed by atoms with Gasteiger partial charge in [-0.1, -0.05) is 30.3 Å². The Labute approximate surface area is 202 Å². The van der Waals surface area contributed by atoms with Crippen LogP contribution in [0.3, 0.4) is 0 Å². The number of piperidine rings is 2. The molecule has 0 radical (unpaired) electrons. The summed E-state index contributed by atoms with van der Waals surface area (Å²) in [5.74, 6) is 3.51. The monoisotopic (exact) mass is 460 g/mol. The van der Waals surface area contributed by atoms with Crippen molar-refractivity contribution >= 4 is 22.4 Å². The van der Waals surface area contributed by atoms with Crippen LogP contribution in [0.1, 0.15) is 37.7 Å². The number of aromatic nitrogens is 1. The van der Waals surface area contributed by atoms with E-state index in [0.29, 0.717) is 6.04 Å². The number of methoxy groups -OCH3 is 2. The second-order valence-corrected chi connectivity index (χ2v) is 9.49. The van der Waals surface area contributed by atoms with Gasteiger partial charge >= 0.3 is 0 Å². The molecule has 2 aliphatic heterocycles. The molecular formula is C28H36N4O2. The molecule has 1 aromatic heterocycles. The van der Waals surface area contributed by atoms with Crippen molar-refractivity contribution < 1.29 is 9.47 Å². The van der Waals surface area contributed by atoms with Gasteiger partial charge in [-0.25, -0.2) is 4.98 Å². The fraction of sp³-hybridized carbons (Fsp3) is 0.464. The van der Waals surface area contributed by atoms with E-state index < -0.39 is 0 Å². The van der Waals surface area contributed by atoms with Crippen LogP contribution in [-0.4, -0.2) is 56.3 Å². The van der Waals surface area contributed by atoms with Gasteiger partial charge in [0.15, 0.2) is 11.5 Å². The molecule has 0 bridgehead atoms. The summed E-state index contributed by atoms with van der Waals surface area (Å²) in [5.41, 5.74) is 1.39. The molecule has 0 unspecified atom stereocenters. The minimum Gasteiger partial charge on any atom is -0.493 e. The molecule has 0 atom stereocenters. The van der Waals surface area contributed by atoms with E-state index in [4.69, 9.17) is 14.5 Å². The third kappa shape index (κ3) is 5.07.